The Balaban J connectivity index is 1.97. The maximum atomic E-state index is 12.2. The number of hydrogen-bond donors (Lipinski definition) is 0. The lowest BCUT2D eigenvalue weighted by Gasteiger charge is -2.30. The van der Waals surface area contributed by atoms with Crippen LogP contribution >= 0.6 is 0 Å². The summed E-state index contributed by atoms with van der Waals surface area (Å²) >= 11 is 0. The van der Waals surface area contributed by atoms with Crippen molar-refractivity contribution in [3.63, 3.8) is 0 Å². The van der Waals surface area contributed by atoms with Crippen LogP contribution in [0.25, 0.3) is 10.8 Å². The monoisotopic (exact) mass is 246 g/mol. The first kappa shape index (κ1) is 10.7. The van der Waals surface area contributed by atoms with Gasteiger partial charge in [-0.15, -0.1) is 0 Å². The van der Waals surface area contributed by atoms with Crippen LogP contribution in [0.15, 0.2) is 60.7 Å². The molecule has 2 aromatic rings. The number of carbonyl (C=O) groups excluding carboxylic acids is 1. The molecule has 0 fully saturated rings. The fourth-order valence-electron chi connectivity index (χ4n) is 3.29. The Hall–Kier alpha value is -2.15. The second kappa shape index (κ2) is 3.92. The van der Waals surface area contributed by atoms with Crippen LogP contribution in [-0.2, 0) is 11.2 Å². The molecule has 0 aromatic heterocycles. The highest BCUT2D eigenvalue weighted by Gasteiger charge is 2.33. The summed E-state index contributed by atoms with van der Waals surface area (Å²) < 4.78 is 0. The van der Waals surface area contributed by atoms with Gasteiger partial charge in [-0.05, 0) is 21.9 Å². The summed E-state index contributed by atoms with van der Waals surface area (Å²) in [6.07, 6.45) is 8.82. The Labute approximate surface area is 112 Å². The molecule has 0 saturated heterocycles. The third-order valence-corrected chi connectivity index (χ3v) is 4.24. The van der Waals surface area contributed by atoms with Crippen molar-refractivity contribution in [2.45, 2.75) is 12.3 Å². The Bertz CT molecular complexity index is 736. The molecule has 1 nitrogen and oxygen atoms in total. The van der Waals surface area contributed by atoms with Gasteiger partial charge in [0.2, 0.25) is 0 Å². The van der Waals surface area contributed by atoms with E-state index in [9.17, 15) is 4.79 Å². The van der Waals surface area contributed by atoms with E-state index in [1.54, 1.807) is 0 Å². The molecule has 2 aliphatic rings. The normalized spacial score (nSPS) is 24.3. The van der Waals surface area contributed by atoms with Crippen molar-refractivity contribution in [1.29, 1.82) is 0 Å². The topological polar surface area (TPSA) is 17.1 Å². The van der Waals surface area contributed by atoms with E-state index in [1.807, 2.05) is 18.2 Å². The fraction of sp³-hybridized carbons (Fsp3) is 0.167. The third kappa shape index (κ3) is 1.58. The van der Waals surface area contributed by atoms with Crippen LogP contribution in [-0.4, -0.2) is 5.78 Å². The number of fused-ring (bicyclic) bond motifs is 4. The maximum Gasteiger partial charge on any atom is 0.145 e. The molecule has 2 aromatic carbocycles. The number of ketones is 1. The molecule has 0 aliphatic heterocycles. The van der Waals surface area contributed by atoms with E-state index in [0.717, 1.165) is 0 Å². The summed E-state index contributed by atoms with van der Waals surface area (Å²) in [5, 5.41) is 2.49. The minimum Gasteiger partial charge on any atom is -0.299 e. The first-order valence-electron chi connectivity index (χ1n) is 6.72. The van der Waals surface area contributed by atoms with Gasteiger partial charge in [-0.1, -0.05) is 60.7 Å². The average molecular weight is 246 g/mol. The molecule has 4 rings (SSSR count). The largest absolute Gasteiger partial charge is 0.299 e. The van der Waals surface area contributed by atoms with Crippen molar-refractivity contribution in [2.24, 2.45) is 5.92 Å². The van der Waals surface area contributed by atoms with Crippen LogP contribution in [0.1, 0.15) is 17.0 Å². The molecular weight excluding hydrogens is 232 g/mol. The molecule has 0 spiro atoms. The molecule has 0 heterocycles. The van der Waals surface area contributed by atoms with Gasteiger partial charge in [0.15, 0.2) is 0 Å². The van der Waals surface area contributed by atoms with E-state index in [-0.39, 0.29) is 11.8 Å². The first-order valence-corrected chi connectivity index (χ1v) is 6.72. The van der Waals surface area contributed by atoms with Crippen molar-refractivity contribution in [2.75, 3.05) is 0 Å². The predicted molar refractivity (Wildman–Crippen MR) is 77.2 cm³/mol. The molecule has 2 atom stereocenters. The molecule has 0 radical (unpaired) electrons. The average Bonchev–Trinajstić information content (AvgIpc) is 2.46. The fourth-order valence-corrected chi connectivity index (χ4v) is 3.29. The van der Waals surface area contributed by atoms with Gasteiger partial charge in [0, 0.05) is 18.3 Å². The van der Waals surface area contributed by atoms with Crippen LogP contribution in [0.5, 0.6) is 0 Å². The zero-order valence-electron chi connectivity index (χ0n) is 10.5. The van der Waals surface area contributed by atoms with Gasteiger partial charge < -0.3 is 0 Å². The summed E-state index contributed by atoms with van der Waals surface area (Å²) in [6, 6.07) is 12.8. The second-order valence-electron chi connectivity index (χ2n) is 5.36. The van der Waals surface area contributed by atoms with E-state index in [2.05, 4.69) is 42.5 Å². The lowest BCUT2D eigenvalue weighted by Crippen LogP contribution is -2.28. The molecule has 92 valence electrons. The summed E-state index contributed by atoms with van der Waals surface area (Å²) in [7, 11) is 0. The van der Waals surface area contributed by atoms with E-state index in [4.69, 9.17) is 0 Å². The van der Waals surface area contributed by atoms with Gasteiger partial charge in [0.25, 0.3) is 0 Å². The third-order valence-electron chi connectivity index (χ3n) is 4.24. The molecule has 0 amide bonds. The van der Waals surface area contributed by atoms with Gasteiger partial charge in [0.1, 0.15) is 5.78 Å². The van der Waals surface area contributed by atoms with Gasteiger partial charge in [-0.3, -0.25) is 4.79 Å². The number of allylic oxidation sites excluding steroid dienone is 4. The zero-order valence-corrected chi connectivity index (χ0v) is 10.5. The summed E-state index contributed by atoms with van der Waals surface area (Å²) in [5.41, 5.74) is 2.52. The summed E-state index contributed by atoms with van der Waals surface area (Å²) in [4.78, 5) is 12.2. The van der Waals surface area contributed by atoms with E-state index >= 15 is 0 Å². The molecular formula is C18H14O. The van der Waals surface area contributed by atoms with Crippen molar-refractivity contribution < 1.29 is 4.79 Å². The van der Waals surface area contributed by atoms with E-state index in [1.165, 1.54) is 21.9 Å². The Kier molecular flexibility index (Phi) is 2.22. The van der Waals surface area contributed by atoms with Crippen LogP contribution in [0.4, 0.5) is 0 Å². The standard InChI is InChI=1S/C18H14O/c19-18-11-14-9-12-5-1-2-6-13(12)10-17(14)15-7-3-4-8-16(15)18/h1-10,15-16H,11H2. The van der Waals surface area contributed by atoms with Gasteiger partial charge in [-0.2, -0.15) is 0 Å². The molecule has 19 heavy (non-hydrogen) atoms. The van der Waals surface area contributed by atoms with E-state index < -0.39 is 0 Å². The Morgan fingerprint density at radius 1 is 0.895 bits per heavy atom. The van der Waals surface area contributed by atoms with Crippen LogP contribution in [0, 0.1) is 5.92 Å². The van der Waals surface area contributed by atoms with Gasteiger partial charge in [0.05, 0.1) is 0 Å². The molecule has 1 heteroatoms. The summed E-state index contributed by atoms with van der Waals surface area (Å²) in [6.45, 7) is 0. The number of carbonyl (C=O) groups is 1. The highest BCUT2D eigenvalue weighted by Crippen LogP contribution is 2.39. The van der Waals surface area contributed by atoms with Crippen molar-refractivity contribution in [3.05, 3.63) is 71.8 Å². The smallest absolute Gasteiger partial charge is 0.145 e. The lowest BCUT2D eigenvalue weighted by atomic mass is 9.72. The number of hydrogen-bond acceptors (Lipinski definition) is 1. The van der Waals surface area contributed by atoms with Crippen LogP contribution < -0.4 is 0 Å². The lowest BCUT2D eigenvalue weighted by molar-refractivity contribution is -0.121. The Morgan fingerprint density at radius 2 is 1.58 bits per heavy atom. The number of Topliss-reactive ketones (excluding diaryl/α,β-unsaturated/α-hetero) is 1. The Morgan fingerprint density at radius 3 is 2.37 bits per heavy atom. The van der Waals surface area contributed by atoms with Crippen LogP contribution in [0.3, 0.4) is 0 Å². The SMILES string of the molecule is O=C1Cc2cc3ccccc3cc2C2C=CC=CC12. The quantitative estimate of drug-likeness (QED) is 0.691. The minimum absolute atomic E-state index is 0.0404. The van der Waals surface area contributed by atoms with Crippen molar-refractivity contribution >= 4 is 16.6 Å². The maximum absolute atomic E-state index is 12.2. The first-order chi connectivity index (χ1) is 9.33. The zero-order chi connectivity index (χ0) is 12.8. The van der Waals surface area contributed by atoms with Gasteiger partial charge in [-0.25, -0.2) is 0 Å². The number of benzene rings is 2. The highest BCUT2D eigenvalue weighted by atomic mass is 16.1. The summed E-state index contributed by atoms with van der Waals surface area (Å²) in [5.74, 6) is 0.609. The van der Waals surface area contributed by atoms with E-state index in [0.29, 0.717) is 12.2 Å². The van der Waals surface area contributed by atoms with Crippen molar-refractivity contribution in [1.82, 2.24) is 0 Å². The number of rotatable bonds is 0. The van der Waals surface area contributed by atoms with Gasteiger partial charge >= 0.3 is 0 Å². The molecule has 0 bridgehead atoms. The highest BCUT2D eigenvalue weighted by molar-refractivity contribution is 5.92. The molecule has 0 saturated carbocycles. The second-order valence-corrected chi connectivity index (χ2v) is 5.36. The molecule has 0 N–H and O–H groups in total. The predicted octanol–water partition coefficient (Wildman–Crippen LogP) is 3.79. The molecule has 2 aliphatic carbocycles. The van der Waals surface area contributed by atoms with Crippen molar-refractivity contribution in [3.8, 4) is 0 Å². The van der Waals surface area contributed by atoms with Crippen LogP contribution in [0.2, 0.25) is 0 Å². The minimum atomic E-state index is 0.0404. The molecule has 2 unspecified atom stereocenters.